The maximum absolute atomic E-state index is 14.1. The van der Waals surface area contributed by atoms with E-state index in [9.17, 15) is 27.6 Å². The van der Waals surface area contributed by atoms with Crippen LogP contribution in [0.15, 0.2) is 36.4 Å². The second-order valence-electron chi connectivity index (χ2n) is 13.8. The van der Waals surface area contributed by atoms with E-state index in [1.807, 2.05) is 29.2 Å². The van der Waals surface area contributed by atoms with Crippen molar-refractivity contribution in [1.82, 2.24) is 24.9 Å². The summed E-state index contributed by atoms with van der Waals surface area (Å²) in [7, 11) is 1.38. The normalized spacial score (nSPS) is 20.6. The molecule has 10 nitrogen and oxygen atoms in total. The SMILES string of the molecule is CNc1c(Cl)cc(CC(CC(=O)N2CCC(N3CCc4ccccc4NC3=O)CC2)C(=O)N2CCC(N3CCNCC3)CC2)cc1C(F)(F)F. The number of rotatable bonds is 8. The number of halogens is 4. The molecule has 3 saturated heterocycles. The average Bonchev–Trinajstić information content (AvgIpc) is 3.29. The van der Waals surface area contributed by atoms with Crippen molar-refractivity contribution in [2.45, 2.75) is 63.2 Å². The number of anilines is 2. The van der Waals surface area contributed by atoms with Crippen LogP contribution in [0, 0.1) is 5.92 Å². The highest BCUT2D eigenvalue weighted by atomic mass is 35.5. The Morgan fingerprint density at radius 2 is 1.60 bits per heavy atom. The monoisotopic (exact) mass is 717 g/mol. The Bertz CT molecular complexity index is 1540. The zero-order valence-corrected chi connectivity index (χ0v) is 29.3. The van der Waals surface area contributed by atoms with Gasteiger partial charge in [-0.05, 0) is 67.9 Å². The molecule has 4 amide bonds. The van der Waals surface area contributed by atoms with Gasteiger partial charge in [-0.15, -0.1) is 0 Å². The number of amides is 4. The summed E-state index contributed by atoms with van der Waals surface area (Å²) in [6.45, 7) is 6.33. The Labute approximate surface area is 296 Å². The van der Waals surface area contributed by atoms with Gasteiger partial charge < -0.3 is 30.7 Å². The number of nitrogens with zero attached hydrogens (tertiary/aromatic N) is 4. The number of nitrogens with one attached hydrogen (secondary N) is 3. The number of carbonyl (C=O) groups excluding carboxylic acids is 3. The van der Waals surface area contributed by atoms with Crippen molar-refractivity contribution in [3.05, 3.63) is 58.1 Å². The number of hydrogen-bond acceptors (Lipinski definition) is 6. The van der Waals surface area contributed by atoms with Crippen molar-refractivity contribution < 1.29 is 27.6 Å². The number of hydrogen-bond donors (Lipinski definition) is 3. The minimum Gasteiger partial charge on any atom is -0.386 e. The smallest absolute Gasteiger partial charge is 0.386 e. The number of likely N-dealkylation sites (tertiary alicyclic amines) is 2. The molecule has 3 fully saturated rings. The average molecular weight is 718 g/mol. The molecule has 3 N–H and O–H groups in total. The number of carbonyl (C=O) groups is 3. The minimum absolute atomic E-state index is 0.0311. The minimum atomic E-state index is -4.66. The van der Waals surface area contributed by atoms with Crippen LogP contribution in [0.2, 0.25) is 5.02 Å². The molecule has 1 atom stereocenters. The van der Waals surface area contributed by atoms with Gasteiger partial charge in [0.25, 0.3) is 0 Å². The van der Waals surface area contributed by atoms with E-state index < -0.39 is 17.7 Å². The zero-order valence-electron chi connectivity index (χ0n) is 28.5. The molecule has 272 valence electrons. The van der Waals surface area contributed by atoms with Crippen LogP contribution in [0.1, 0.15) is 48.8 Å². The Morgan fingerprint density at radius 3 is 2.28 bits per heavy atom. The first-order valence-corrected chi connectivity index (χ1v) is 18.1. The molecule has 2 aromatic rings. The molecule has 14 heteroatoms. The van der Waals surface area contributed by atoms with Crippen LogP contribution in [0.3, 0.4) is 0 Å². The first-order valence-electron chi connectivity index (χ1n) is 17.8. The predicted molar refractivity (Wildman–Crippen MR) is 187 cm³/mol. The maximum atomic E-state index is 14.1. The van der Waals surface area contributed by atoms with Gasteiger partial charge in [0.05, 0.1) is 22.2 Å². The molecule has 2 aromatic carbocycles. The Balaban J connectivity index is 1.13. The predicted octanol–water partition coefficient (Wildman–Crippen LogP) is 4.93. The van der Waals surface area contributed by atoms with Gasteiger partial charge in [0.1, 0.15) is 0 Å². The molecule has 50 heavy (non-hydrogen) atoms. The van der Waals surface area contributed by atoms with E-state index in [4.69, 9.17) is 11.6 Å². The van der Waals surface area contributed by atoms with E-state index >= 15 is 0 Å². The summed E-state index contributed by atoms with van der Waals surface area (Å²) in [5.74, 6) is -1.27. The quantitative estimate of drug-likeness (QED) is 0.359. The van der Waals surface area contributed by atoms with Crippen LogP contribution in [-0.2, 0) is 28.6 Å². The second-order valence-corrected chi connectivity index (χ2v) is 14.2. The number of urea groups is 1. The van der Waals surface area contributed by atoms with E-state index in [1.54, 1.807) is 9.80 Å². The summed E-state index contributed by atoms with van der Waals surface area (Å²) in [4.78, 5) is 48.9. The number of piperidine rings is 2. The van der Waals surface area contributed by atoms with Gasteiger partial charge >= 0.3 is 12.2 Å². The Kier molecular flexibility index (Phi) is 11.4. The molecule has 4 heterocycles. The summed E-state index contributed by atoms with van der Waals surface area (Å²) >= 11 is 6.32. The Morgan fingerprint density at radius 1 is 0.940 bits per heavy atom. The van der Waals surface area contributed by atoms with Gasteiger partial charge in [-0.2, -0.15) is 13.2 Å². The lowest BCUT2D eigenvalue weighted by Gasteiger charge is -2.41. The fraction of sp³-hybridized carbons (Fsp3) is 0.583. The highest BCUT2D eigenvalue weighted by Crippen LogP contribution is 2.40. The first kappa shape index (κ1) is 36.2. The summed E-state index contributed by atoms with van der Waals surface area (Å²) in [5.41, 5.74) is 1.04. The molecule has 6 rings (SSSR count). The van der Waals surface area contributed by atoms with Gasteiger partial charge in [-0.25, -0.2) is 4.79 Å². The van der Waals surface area contributed by atoms with Crippen molar-refractivity contribution >= 4 is 40.8 Å². The summed E-state index contributed by atoms with van der Waals surface area (Å²) in [6.07, 6.45) is -1.25. The van der Waals surface area contributed by atoms with Crippen molar-refractivity contribution in [3.8, 4) is 0 Å². The van der Waals surface area contributed by atoms with Crippen LogP contribution in [0.4, 0.5) is 29.3 Å². The molecule has 0 bridgehead atoms. The molecule has 0 radical (unpaired) electrons. The molecule has 4 aliphatic rings. The molecule has 0 aliphatic carbocycles. The zero-order chi connectivity index (χ0) is 35.4. The molecular formula is C36H47ClF3N7O3. The number of alkyl halides is 3. The van der Waals surface area contributed by atoms with Gasteiger partial charge in [0, 0.05) is 90.1 Å². The third-order valence-electron chi connectivity index (χ3n) is 10.8. The number of para-hydroxylation sites is 1. The van der Waals surface area contributed by atoms with Crippen LogP contribution >= 0.6 is 11.6 Å². The summed E-state index contributed by atoms with van der Waals surface area (Å²) in [5, 5.41) is 8.84. The fourth-order valence-electron chi connectivity index (χ4n) is 8.05. The van der Waals surface area contributed by atoms with Gasteiger partial charge in [-0.3, -0.25) is 14.5 Å². The molecule has 0 saturated carbocycles. The van der Waals surface area contributed by atoms with E-state index in [-0.39, 0.29) is 53.0 Å². The standard InChI is InChI=1S/C36H47ClF3N7O3/c1-41-33-29(36(38,39)40)21-24(22-30(33)37)20-26(34(49)46-15-7-27(8-16-46)44-18-11-42-12-19-44)23-32(48)45-13-9-28(10-14-45)47-17-6-25-4-2-3-5-31(25)43-35(47)50/h2-5,21-22,26-28,41-42H,6-20,23H2,1H3,(H,43,50). The van der Waals surface area contributed by atoms with Gasteiger partial charge in [-0.1, -0.05) is 29.8 Å². The largest absolute Gasteiger partial charge is 0.418 e. The molecule has 0 aromatic heterocycles. The highest BCUT2D eigenvalue weighted by molar-refractivity contribution is 6.33. The van der Waals surface area contributed by atoms with Gasteiger partial charge in [0.2, 0.25) is 11.8 Å². The molecular weight excluding hydrogens is 671 g/mol. The summed E-state index contributed by atoms with van der Waals surface area (Å²) < 4.78 is 42.1. The lowest BCUT2D eigenvalue weighted by Crippen LogP contribution is -2.53. The Hall–Kier alpha value is -3.55. The third kappa shape index (κ3) is 8.32. The van der Waals surface area contributed by atoms with E-state index in [2.05, 4.69) is 20.9 Å². The van der Waals surface area contributed by atoms with E-state index in [0.29, 0.717) is 51.6 Å². The van der Waals surface area contributed by atoms with Crippen LogP contribution < -0.4 is 16.0 Å². The first-order chi connectivity index (χ1) is 24.0. The number of fused-ring (bicyclic) bond motifs is 1. The number of benzene rings is 2. The van der Waals surface area contributed by atoms with Crippen molar-refractivity contribution in [3.63, 3.8) is 0 Å². The van der Waals surface area contributed by atoms with E-state index in [1.165, 1.54) is 13.1 Å². The number of piperazine rings is 1. The van der Waals surface area contributed by atoms with Crippen LogP contribution in [0.25, 0.3) is 0 Å². The van der Waals surface area contributed by atoms with E-state index in [0.717, 1.165) is 62.8 Å². The maximum Gasteiger partial charge on any atom is 0.418 e. The molecule has 0 spiro atoms. The van der Waals surface area contributed by atoms with Crippen LogP contribution in [-0.4, -0.2) is 115 Å². The second kappa shape index (κ2) is 15.8. The van der Waals surface area contributed by atoms with Crippen molar-refractivity contribution in [2.75, 3.05) is 76.6 Å². The van der Waals surface area contributed by atoms with Crippen molar-refractivity contribution in [1.29, 1.82) is 0 Å². The highest BCUT2D eigenvalue weighted by Gasteiger charge is 2.38. The molecule has 1 unspecified atom stereocenters. The van der Waals surface area contributed by atoms with Crippen LogP contribution in [0.5, 0.6) is 0 Å². The topological polar surface area (TPSA) is 100 Å². The third-order valence-corrected chi connectivity index (χ3v) is 11.1. The van der Waals surface area contributed by atoms with Gasteiger partial charge in [0.15, 0.2) is 0 Å². The summed E-state index contributed by atoms with van der Waals surface area (Å²) in [6, 6.07) is 10.5. The lowest BCUT2D eigenvalue weighted by atomic mass is 9.91. The fourth-order valence-corrected chi connectivity index (χ4v) is 8.39. The lowest BCUT2D eigenvalue weighted by molar-refractivity contribution is -0.143. The molecule has 4 aliphatic heterocycles. The van der Waals surface area contributed by atoms with Crippen molar-refractivity contribution in [2.24, 2.45) is 5.92 Å².